The van der Waals surface area contributed by atoms with Gasteiger partial charge in [-0.3, -0.25) is 0 Å². The highest BCUT2D eigenvalue weighted by Gasteiger charge is 2.87. The van der Waals surface area contributed by atoms with Crippen LogP contribution in [-0.2, 0) is 39.8 Å². The van der Waals surface area contributed by atoms with Gasteiger partial charge in [0.15, 0.2) is 4.28 Å². The first-order valence-corrected chi connectivity index (χ1v) is 17.2. The minimum absolute atomic E-state index is 0.367. The van der Waals surface area contributed by atoms with Crippen molar-refractivity contribution in [3.05, 3.63) is 0 Å². The van der Waals surface area contributed by atoms with Crippen molar-refractivity contribution >= 4 is 26.4 Å². The van der Waals surface area contributed by atoms with Crippen molar-refractivity contribution in [3.8, 4) is 0 Å². The van der Waals surface area contributed by atoms with Gasteiger partial charge in [0.05, 0.1) is 0 Å². The molecule has 0 aliphatic rings. The molecule has 0 N–H and O–H groups in total. The van der Waals surface area contributed by atoms with E-state index in [2.05, 4.69) is 0 Å². The van der Waals surface area contributed by atoms with E-state index in [1.54, 1.807) is 0 Å². The highest BCUT2D eigenvalue weighted by Crippen LogP contribution is 2.56. The Morgan fingerprint density at radius 2 is 0.469 bits per heavy atom. The summed E-state index contributed by atoms with van der Waals surface area (Å²) < 4.78 is 56.9. The van der Waals surface area contributed by atoms with Crippen molar-refractivity contribution in [3.63, 3.8) is 0 Å². The summed E-state index contributed by atoms with van der Waals surface area (Å²) in [6.45, 7) is 22.5. The summed E-state index contributed by atoms with van der Waals surface area (Å²) in [5, 5.41) is 0. The average molecular weight is 517 g/mol. The van der Waals surface area contributed by atoms with E-state index in [0.29, 0.717) is 59.5 Å². The molecule has 9 nitrogen and oxygen atoms in total. The predicted octanol–water partition coefficient (Wildman–Crippen LogP) is 3.97. The van der Waals surface area contributed by atoms with Crippen LogP contribution in [-0.4, -0.2) is 85.9 Å². The van der Waals surface area contributed by atoms with Crippen LogP contribution in [0.1, 0.15) is 69.2 Å². The zero-order valence-electron chi connectivity index (χ0n) is 22.0. The fraction of sp³-hybridized carbons (Fsp3) is 1.00. The van der Waals surface area contributed by atoms with Crippen molar-refractivity contribution in [2.24, 2.45) is 0 Å². The fourth-order valence-electron chi connectivity index (χ4n) is 3.95. The second kappa shape index (κ2) is 16.1. The van der Waals surface area contributed by atoms with Crippen molar-refractivity contribution in [2.75, 3.05) is 59.5 Å². The molecule has 0 fully saturated rings. The van der Waals surface area contributed by atoms with Gasteiger partial charge in [0.2, 0.25) is 0 Å². The van der Waals surface area contributed by atoms with Crippen LogP contribution < -0.4 is 0 Å². The van der Waals surface area contributed by atoms with Crippen molar-refractivity contribution in [1.29, 1.82) is 0 Å². The second-order valence-corrected chi connectivity index (χ2v) is 17.1. The molecule has 0 saturated heterocycles. The van der Waals surface area contributed by atoms with E-state index >= 15 is 0 Å². The molecule has 0 aromatic heterocycles. The highest BCUT2D eigenvalue weighted by atomic mass is 28.5. The Balaban J connectivity index is 7.63. The summed E-state index contributed by atoms with van der Waals surface area (Å²) in [6, 6.07) is 0. The van der Waals surface area contributed by atoms with E-state index in [-0.39, 0.29) is 0 Å². The minimum atomic E-state index is -3.67. The van der Waals surface area contributed by atoms with Gasteiger partial charge in [0, 0.05) is 59.5 Å². The molecule has 12 heteroatoms. The van der Waals surface area contributed by atoms with Gasteiger partial charge in [0.25, 0.3) is 0 Å². The van der Waals surface area contributed by atoms with Gasteiger partial charge in [-0.1, -0.05) is 0 Å². The first-order valence-electron chi connectivity index (χ1n) is 12.0. The van der Waals surface area contributed by atoms with Crippen LogP contribution in [0.15, 0.2) is 0 Å². The third-order valence-corrected chi connectivity index (χ3v) is 20.1. The predicted molar refractivity (Wildman–Crippen MR) is 130 cm³/mol. The van der Waals surface area contributed by atoms with Gasteiger partial charge >= 0.3 is 26.4 Å². The van der Waals surface area contributed by atoms with Crippen LogP contribution in [0.4, 0.5) is 0 Å². The monoisotopic (exact) mass is 516 g/mol. The number of rotatable bonds is 21. The quantitative estimate of drug-likeness (QED) is 0.210. The van der Waals surface area contributed by atoms with Gasteiger partial charge in [-0.15, -0.1) is 0 Å². The van der Waals surface area contributed by atoms with E-state index in [9.17, 15) is 0 Å². The van der Waals surface area contributed by atoms with Gasteiger partial charge in [0.1, 0.15) is 0 Å². The summed E-state index contributed by atoms with van der Waals surface area (Å²) in [6.07, 6.45) is 0. The van der Waals surface area contributed by atoms with Gasteiger partial charge < -0.3 is 39.8 Å². The normalized spacial score (nSPS) is 13.7. The molecule has 0 saturated carbocycles. The Kier molecular flexibility index (Phi) is 16.2. The maximum Gasteiger partial charge on any atom is 0.516 e. The largest absolute Gasteiger partial charge is 0.516 e. The first-order chi connectivity index (χ1) is 15.3. The zero-order valence-corrected chi connectivity index (χ0v) is 25.0. The van der Waals surface area contributed by atoms with Crippen LogP contribution in [0.25, 0.3) is 0 Å². The summed E-state index contributed by atoms with van der Waals surface area (Å²) in [5.74, 6) is 0. The van der Waals surface area contributed by atoms with Crippen LogP contribution in [0.3, 0.4) is 0 Å². The zero-order chi connectivity index (χ0) is 24.7. The third-order valence-electron chi connectivity index (χ3n) is 4.85. The van der Waals surface area contributed by atoms with Gasteiger partial charge in [-0.2, -0.15) is 0 Å². The van der Waals surface area contributed by atoms with Crippen LogP contribution in [0.2, 0.25) is 4.28 Å². The third kappa shape index (κ3) is 6.49. The van der Waals surface area contributed by atoms with E-state index in [0.717, 1.165) is 0 Å². The molecule has 32 heavy (non-hydrogen) atoms. The van der Waals surface area contributed by atoms with Crippen LogP contribution in [0.5, 0.6) is 0 Å². The highest BCUT2D eigenvalue weighted by molar-refractivity contribution is 7.02. The summed E-state index contributed by atoms with van der Waals surface area (Å²) >= 11 is 0. The lowest BCUT2D eigenvalue weighted by Gasteiger charge is -2.54. The molecule has 0 aromatic carbocycles. The Morgan fingerprint density at radius 1 is 0.344 bits per heavy atom. The lowest BCUT2D eigenvalue weighted by Crippen LogP contribution is -2.80. The number of hydrogen-bond donors (Lipinski definition) is 0. The molecular weight excluding hydrogens is 468 g/mol. The van der Waals surface area contributed by atoms with Gasteiger partial charge in [-0.05, 0) is 69.2 Å². The lowest BCUT2D eigenvalue weighted by molar-refractivity contribution is -0.00708. The van der Waals surface area contributed by atoms with Gasteiger partial charge in [-0.25, -0.2) is 0 Å². The van der Waals surface area contributed by atoms with E-state index in [1.807, 2.05) is 69.2 Å². The molecule has 0 aromatic rings. The Morgan fingerprint density at radius 3 is 0.562 bits per heavy atom. The van der Waals surface area contributed by atoms with Crippen molar-refractivity contribution in [1.82, 2.24) is 0 Å². The van der Waals surface area contributed by atoms with E-state index < -0.39 is 30.7 Å². The Labute approximate surface area is 199 Å². The molecule has 0 amide bonds. The molecule has 0 aliphatic carbocycles. The smallest absolute Gasteiger partial charge is 0.373 e. The SMILES string of the molecule is CCO[Si](OCC)(OCC)C(C)([Si](OCC)(OCC)OCC)[Si](OCC)(OCC)OCC. The molecule has 0 spiro atoms. The first kappa shape index (κ1) is 32.3. The minimum Gasteiger partial charge on any atom is -0.373 e. The van der Waals surface area contributed by atoms with E-state index in [1.165, 1.54) is 0 Å². The molecule has 0 radical (unpaired) electrons. The van der Waals surface area contributed by atoms with Crippen molar-refractivity contribution in [2.45, 2.75) is 73.5 Å². The second-order valence-electron chi connectivity index (χ2n) is 6.69. The summed E-state index contributed by atoms with van der Waals surface area (Å²) in [4.78, 5) is 0. The summed E-state index contributed by atoms with van der Waals surface area (Å²) in [7, 11) is -11.0. The van der Waals surface area contributed by atoms with Crippen LogP contribution >= 0.6 is 0 Å². The Bertz CT molecular complexity index is 370. The Hall–Kier alpha value is 0.291. The standard InChI is InChI=1S/C20H48O9Si3/c1-11-21-30(22-12-2,23-13-3)20(10,31(24-14-4,25-15-5)26-16-6)32(27-17-7,28-18-8)29-19-9/h11-19H2,1-10H3. The molecular formula is C20H48O9Si3. The molecule has 0 bridgehead atoms. The maximum atomic E-state index is 6.45. The van der Waals surface area contributed by atoms with Crippen molar-refractivity contribution < 1.29 is 39.8 Å². The summed E-state index contributed by atoms with van der Waals surface area (Å²) in [5.41, 5.74) is 0. The van der Waals surface area contributed by atoms with E-state index in [4.69, 9.17) is 39.8 Å². The average Bonchev–Trinajstić information content (AvgIpc) is 2.74. The molecule has 0 aliphatic heterocycles. The molecule has 194 valence electrons. The number of hydrogen-bond acceptors (Lipinski definition) is 9. The molecule has 0 unspecified atom stereocenters. The fourth-order valence-corrected chi connectivity index (χ4v) is 19.1. The van der Waals surface area contributed by atoms with Crippen LogP contribution in [0, 0.1) is 0 Å². The maximum absolute atomic E-state index is 6.45. The molecule has 0 heterocycles. The lowest BCUT2D eigenvalue weighted by atomic mass is 10.9. The molecule has 0 rings (SSSR count). The molecule has 0 atom stereocenters. The topological polar surface area (TPSA) is 83.1 Å².